The average Bonchev–Trinajstić information content (AvgIpc) is 2.54. The molecule has 0 saturated carbocycles. The van der Waals surface area contributed by atoms with Crippen LogP contribution in [0.15, 0.2) is 42.7 Å². The number of pyridine rings is 1. The fraction of sp³-hybridized carbons (Fsp3) is 0.188. The van der Waals surface area contributed by atoms with Crippen molar-refractivity contribution in [2.45, 2.75) is 13.5 Å². The number of anilines is 1. The smallest absolute Gasteiger partial charge is 0.240 e. The lowest BCUT2D eigenvalue weighted by atomic mass is 10.2. The molecule has 1 heterocycles. The molecule has 1 aromatic carbocycles. The molecule has 2 amide bonds. The molecule has 5 nitrogen and oxygen atoms in total. The van der Waals surface area contributed by atoms with Crippen LogP contribution in [0.1, 0.15) is 12.5 Å². The fourth-order valence-electron chi connectivity index (χ4n) is 1.97. The quantitative estimate of drug-likeness (QED) is 0.900. The van der Waals surface area contributed by atoms with Gasteiger partial charge in [0.05, 0.1) is 15.7 Å². The van der Waals surface area contributed by atoms with Crippen molar-refractivity contribution in [3.63, 3.8) is 0 Å². The molecule has 120 valence electrons. The van der Waals surface area contributed by atoms with E-state index in [4.69, 9.17) is 23.2 Å². The largest absolute Gasteiger partial charge is 0.350 e. The summed E-state index contributed by atoms with van der Waals surface area (Å²) in [6.07, 6.45) is 3.30. The number of nitrogens with one attached hydrogen (secondary N) is 1. The van der Waals surface area contributed by atoms with E-state index >= 15 is 0 Å². The Morgan fingerprint density at radius 2 is 1.87 bits per heavy atom. The Bertz CT molecular complexity index is 708. The van der Waals surface area contributed by atoms with Crippen LogP contribution in [0.25, 0.3) is 0 Å². The molecule has 0 radical (unpaired) electrons. The summed E-state index contributed by atoms with van der Waals surface area (Å²) in [7, 11) is 0. The van der Waals surface area contributed by atoms with Crippen LogP contribution in [0.4, 0.5) is 5.69 Å². The third-order valence-corrected chi connectivity index (χ3v) is 3.95. The van der Waals surface area contributed by atoms with E-state index in [9.17, 15) is 9.59 Å². The molecule has 7 heteroatoms. The Labute approximate surface area is 144 Å². The van der Waals surface area contributed by atoms with E-state index in [1.165, 1.54) is 11.8 Å². The van der Waals surface area contributed by atoms with E-state index in [-0.39, 0.29) is 23.4 Å². The number of aromatic nitrogens is 1. The number of hydrogen-bond acceptors (Lipinski definition) is 3. The molecule has 0 aliphatic rings. The minimum absolute atomic E-state index is 0.138. The molecule has 0 bridgehead atoms. The lowest BCUT2D eigenvalue weighted by molar-refractivity contribution is -0.123. The van der Waals surface area contributed by atoms with E-state index in [0.717, 1.165) is 5.56 Å². The summed E-state index contributed by atoms with van der Waals surface area (Å²) in [5.41, 5.74) is 1.33. The van der Waals surface area contributed by atoms with Gasteiger partial charge in [0.15, 0.2) is 0 Å². The lowest BCUT2D eigenvalue weighted by Gasteiger charge is -2.22. The van der Waals surface area contributed by atoms with Gasteiger partial charge in [-0.15, -0.1) is 0 Å². The van der Waals surface area contributed by atoms with Crippen molar-refractivity contribution in [2.24, 2.45) is 0 Å². The molecule has 0 saturated heterocycles. The summed E-state index contributed by atoms with van der Waals surface area (Å²) >= 11 is 12.1. The minimum atomic E-state index is -0.298. The first-order valence-corrected chi connectivity index (χ1v) is 7.62. The maximum atomic E-state index is 12.1. The molecule has 2 aromatic rings. The van der Waals surface area contributed by atoms with Crippen LogP contribution in [0.2, 0.25) is 10.0 Å². The number of benzene rings is 1. The van der Waals surface area contributed by atoms with Gasteiger partial charge in [-0.25, -0.2) is 0 Å². The minimum Gasteiger partial charge on any atom is -0.350 e. The third-order valence-electron chi connectivity index (χ3n) is 3.14. The average molecular weight is 352 g/mol. The predicted octanol–water partition coefficient (Wildman–Crippen LogP) is 3.06. The van der Waals surface area contributed by atoms with Crippen LogP contribution in [-0.4, -0.2) is 23.3 Å². The highest BCUT2D eigenvalue weighted by molar-refractivity contribution is 6.44. The summed E-state index contributed by atoms with van der Waals surface area (Å²) in [4.78, 5) is 29.2. The third kappa shape index (κ3) is 4.68. The zero-order chi connectivity index (χ0) is 16.8. The Morgan fingerprint density at radius 3 is 2.52 bits per heavy atom. The number of hydrogen-bond donors (Lipinski definition) is 1. The van der Waals surface area contributed by atoms with Crippen LogP contribution in [0.5, 0.6) is 0 Å². The SMILES string of the molecule is CC(=O)N(CC(=O)NCc1ccncc1)c1cccc(Cl)c1Cl. The van der Waals surface area contributed by atoms with Crippen molar-refractivity contribution in [1.82, 2.24) is 10.3 Å². The molecular formula is C16H15Cl2N3O2. The Kier molecular flexibility index (Phi) is 5.96. The second kappa shape index (κ2) is 7.94. The van der Waals surface area contributed by atoms with E-state index in [2.05, 4.69) is 10.3 Å². The van der Waals surface area contributed by atoms with Crippen molar-refractivity contribution >= 4 is 40.7 Å². The van der Waals surface area contributed by atoms with Crippen molar-refractivity contribution in [1.29, 1.82) is 0 Å². The molecule has 0 aliphatic carbocycles. The number of amides is 2. The van der Waals surface area contributed by atoms with E-state index in [1.54, 1.807) is 42.7 Å². The van der Waals surface area contributed by atoms with E-state index in [1.807, 2.05) is 0 Å². The number of rotatable bonds is 5. The van der Waals surface area contributed by atoms with Crippen molar-refractivity contribution < 1.29 is 9.59 Å². The molecule has 0 unspecified atom stereocenters. The topological polar surface area (TPSA) is 62.3 Å². The first-order chi connectivity index (χ1) is 11.0. The van der Waals surface area contributed by atoms with Gasteiger partial charge in [-0.2, -0.15) is 0 Å². The number of carbonyl (C=O) groups excluding carboxylic acids is 2. The molecule has 0 fully saturated rings. The van der Waals surface area contributed by atoms with Gasteiger partial charge in [-0.05, 0) is 29.8 Å². The van der Waals surface area contributed by atoms with E-state index in [0.29, 0.717) is 17.3 Å². The fourth-order valence-corrected chi connectivity index (χ4v) is 2.37. The van der Waals surface area contributed by atoms with Crippen molar-refractivity contribution in [3.8, 4) is 0 Å². The monoisotopic (exact) mass is 351 g/mol. The first-order valence-electron chi connectivity index (χ1n) is 6.86. The summed E-state index contributed by atoms with van der Waals surface area (Å²) < 4.78 is 0. The standard InChI is InChI=1S/C16H15Cl2N3O2/c1-11(22)21(14-4-2-3-13(17)16(14)18)10-15(23)20-9-12-5-7-19-8-6-12/h2-8H,9-10H2,1H3,(H,20,23). The molecule has 23 heavy (non-hydrogen) atoms. The highest BCUT2D eigenvalue weighted by Gasteiger charge is 2.19. The van der Waals surface area contributed by atoms with Crippen LogP contribution in [-0.2, 0) is 16.1 Å². The molecule has 1 aromatic heterocycles. The maximum Gasteiger partial charge on any atom is 0.240 e. The van der Waals surface area contributed by atoms with Gasteiger partial charge < -0.3 is 10.2 Å². The van der Waals surface area contributed by atoms with Gasteiger partial charge in [0.25, 0.3) is 0 Å². The van der Waals surface area contributed by atoms with Crippen molar-refractivity contribution in [2.75, 3.05) is 11.4 Å². The van der Waals surface area contributed by atoms with Crippen LogP contribution in [0.3, 0.4) is 0 Å². The molecule has 1 N–H and O–H groups in total. The van der Waals surface area contributed by atoms with Gasteiger partial charge in [-0.3, -0.25) is 14.6 Å². The van der Waals surface area contributed by atoms with Gasteiger partial charge in [0.1, 0.15) is 6.54 Å². The Balaban J connectivity index is 2.06. The van der Waals surface area contributed by atoms with Crippen LogP contribution < -0.4 is 10.2 Å². The molecule has 2 rings (SSSR count). The molecular weight excluding hydrogens is 337 g/mol. The zero-order valence-electron chi connectivity index (χ0n) is 12.4. The number of halogens is 2. The van der Waals surface area contributed by atoms with Gasteiger partial charge in [0, 0.05) is 25.9 Å². The number of carbonyl (C=O) groups is 2. The van der Waals surface area contributed by atoms with Gasteiger partial charge >= 0.3 is 0 Å². The summed E-state index contributed by atoms with van der Waals surface area (Å²) in [5, 5.41) is 3.32. The van der Waals surface area contributed by atoms with Crippen LogP contribution in [0, 0.1) is 0 Å². The first kappa shape index (κ1) is 17.2. The highest BCUT2D eigenvalue weighted by atomic mass is 35.5. The lowest BCUT2D eigenvalue weighted by Crippen LogP contribution is -2.39. The maximum absolute atomic E-state index is 12.1. The van der Waals surface area contributed by atoms with Gasteiger partial charge in [0.2, 0.25) is 11.8 Å². The highest BCUT2D eigenvalue weighted by Crippen LogP contribution is 2.32. The number of nitrogens with zero attached hydrogens (tertiary/aromatic N) is 2. The van der Waals surface area contributed by atoms with Crippen molar-refractivity contribution in [3.05, 3.63) is 58.3 Å². The normalized spacial score (nSPS) is 10.2. The predicted molar refractivity (Wildman–Crippen MR) is 90.6 cm³/mol. The second-order valence-electron chi connectivity index (χ2n) is 4.81. The summed E-state index contributed by atoms with van der Waals surface area (Å²) in [5.74, 6) is -0.596. The van der Waals surface area contributed by atoms with Crippen LogP contribution >= 0.6 is 23.2 Å². The Morgan fingerprint density at radius 1 is 1.17 bits per heavy atom. The molecule has 0 spiro atoms. The second-order valence-corrected chi connectivity index (χ2v) is 5.60. The molecule has 0 aliphatic heterocycles. The van der Waals surface area contributed by atoms with E-state index < -0.39 is 0 Å². The summed E-state index contributed by atoms with van der Waals surface area (Å²) in [6, 6.07) is 8.54. The zero-order valence-corrected chi connectivity index (χ0v) is 13.9. The molecule has 0 atom stereocenters. The Hall–Kier alpha value is -2.11. The summed E-state index contributed by atoms with van der Waals surface area (Å²) in [6.45, 7) is 1.59. The van der Waals surface area contributed by atoms with Gasteiger partial charge in [-0.1, -0.05) is 29.3 Å².